The number of hydrogen-bond donors (Lipinski definition) is 0. The van der Waals surface area contributed by atoms with Crippen LogP contribution in [0.15, 0.2) is 18.2 Å². The fourth-order valence-corrected chi connectivity index (χ4v) is 4.46. The van der Waals surface area contributed by atoms with Crippen LogP contribution in [-0.2, 0) is 9.47 Å². The number of likely N-dealkylation sites (tertiary alicyclic amines) is 1. The zero-order valence-corrected chi connectivity index (χ0v) is 15.3. The number of anilines is 2. The molecule has 1 aromatic carbocycles. The molecule has 3 heterocycles. The van der Waals surface area contributed by atoms with Crippen LogP contribution in [-0.4, -0.2) is 63.2 Å². The molecule has 0 saturated carbocycles. The van der Waals surface area contributed by atoms with Crippen LogP contribution in [0.5, 0.6) is 0 Å². The van der Waals surface area contributed by atoms with Crippen LogP contribution >= 0.6 is 0 Å². The van der Waals surface area contributed by atoms with Gasteiger partial charge in [0.1, 0.15) is 6.73 Å². The Kier molecular flexibility index (Phi) is 4.23. The molecule has 0 aliphatic carbocycles. The zero-order valence-electron chi connectivity index (χ0n) is 15.3. The second-order valence-electron chi connectivity index (χ2n) is 7.56. The Balaban J connectivity index is 1.47. The monoisotopic (exact) mass is 345 g/mol. The van der Waals surface area contributed by atoms with Crippen molar-refractivity contribution in [2.24, 2.45) is 0 Å². The lowest BCUT2D eigenvalue weighted by atomic mass is 9.89. The molecule has 25 heavy (non-hydrogen) atoms. The standard InChI is InChI=1S/C19H27N3O3/c1-13(2)25-19(23)24-12-21-8-7-16-15(11-21)14-5-4-6-17-18(14)22(16)10-9-20(17)3/h4-6,13,15-16H,7-12H2,1-3H3. The van der Waals surface area contributed by atoms with Crippen LogP contribution in [0.25, 0.3) is 0 Å². The third-order valence-corrected chi connectivity index (χ3v) is 5.58. The van der Waals surface area contributed by atoms with E-state index in [4.69, 9.17) is 9.47 Å². The Morgan fingerprint density at radius 1 is 1.28 bits per heavy atom. The maximum Gasteiger partial charge on any atom is 0.509 e. The molecule has 0 N–H and O–H groups in total. The molecule has 3 aliphatic rings. The Labute approximate surface area is 149 Å². The van der Waals surface area contributed by atoms with Crippen molar-refractivity contribution in [2.45, 2.75) is 38.3 Å². The lowest BCUT2D eigenvalue weighted by Crippen LogP contribution is -2.49. The van der Waals surface area contributed by atoms with Gasteiger partial charge in [-0.25, -0.2) is 4.79 Å². The average molecular weight is 345 g/mol. The first kappa shape index (κ1) is 16.5. The normalized spacial score (nSPS) is 25.0. The summed E-state index contributed by atoms with van der Waals surface area (Å²) in [6, 6.07) is 7.24. The minimum absolute atomic E-state index is 0.148. The fraction of sp³-hybridized carbons (Fsp3) is 0.632. The highest BCUT2D eigenvalue weighted by atomic mass is 16.7. The molecule has 136 valence electrons. The van der Waals surface area contributed by atoms with E-state index >= 15 is 0 Å². The summed E-state index contributed by atoms with van der Waals surface area (Å²) in [6.07, 6.45) is 0.378. The van der Waals surface area contributed by atoms with Crippen LogP contribution in [0.1, 0.15) is 31.7 Å². The Morgan fingerprint density at radius 3 is 2.92 bits per heavy atom. The van der Waals surface area contributed by atoms with E-state index in [1.54, 1.807) is 0 Å². The Bertz CT molecular complexity index is 663. The number of nitrogens with zero attached hydrogens (tertiary/aromatic N) is 3. The number of hydrogen-bond acceptors (Lipinski definition) is 6. The maximum absolute atomic E-state index is 11.6. The van der Waals surface area contributed by atoms with Gasteiger partial charge in [0.25, 0.3) is 0 Å². The van der Waals surface area contributed by atoms with Gasteiger partial charge in [0.05, 0.1) is 17.5 Å². The van der Waals surface area contributed by atoms with Crippen LogP contribution in [0.4, 0.5) is 16.2 Å². The summed E-state index contributed by atoms with van der Waals surface area (Å²) in [7, 11) is 2.18. The van der Waals surface area contributed by atoms with Crippen molar-refractivity contribution in [1.29, 1.82) is 0 Å². The summed E-state index contributed by atoms with van der Waals surface area (Å²) in [6.45, 7) is 8.01. The summed E-state index contributed by atoms with van der Waals surface area (Å²) < 4.78 is 10.3. The highest BCUT2D eigenvalue weighted by Crippen LogP contribution is 2.50. The number of carbonyl (C=O) groups is 1. The van der Waals surface area contributed by atoms with Gasteiger partial charge in [-0.05, 0) is 31.9 Å². The molecular formula is C19H27N3O3. The largest absolute Gasteiger partial charge is 0.509 e. The molecule has 2 atom stereocenters. The number of rotatable bonds is 3. The van der Waals surface area contributed by atoms with Gasteiger partial charge in [-0.1, -0.05) is 12.1 Å². The molecule has 6 nitrogen and oxygen atoms in total. The molecule has 0 spiro atoms. The molecule has 0 bridgehead atoms. The highest BCUT2D eigenvalue weighted by molar-refractivity contribution is 5.80. The van der Waals surface area contributed by atoms with Crippen LogP contribution in [0.2, 0.25) is 0 Å². The molecule has 2 unspecified atom stereocenters. The summed E-state index contributed by atoms with van der Waals surface area (Å²) in [4.78, 5) is 18.8. The Hall–Kier alpha value is -1.95. The van der Waals surface area contributed by atoms with Crippen molar-refractivity contribution in [2.75, 3.05) is 49.8 Å². The van der Waals surface area contributed by atoms with Gasteiger partial charge in [-0.2, -0.15) is 0 Å². The summed E-state index contributed by atoms with van der Waals surface area (Å²) in [5, 5.41) is 0. The van der Waals surface area contributed by atoms with E-state index in [-0.39, 0.29) is 6.10 Å². The maximum atomic E-state index is 11.6. The molecule has 3 aliphatic heterocycles. The second kappa shape index (κ2) is 6.41. The SMILES string of the molecule is CC(C)OC(=O)OCN1CCC2C(C1)c1cccc3c1N2CCN3C. The van der Waals surface area contributed by atoms with Crippen LogP contribution in [0.3, 0.4) is 0 Å². The van der Waals surface area contributed by atoms with Crippen molar-refractivity contribution >= 4 is 17.5 Å². The van der Waals surface area contributed by atoms with Gasteiger partial charge < -0.3 is 19.3 Å². The van der Waals surface area contributed by atoms with E-state index in [0.717, 1.165) is 32.6 Å². The summed E-state index contributed by atoms with van der Waals surface area (Å²) in [5.41, 5.74) is 4.22. The third kappa shape index (κ3) is 2.92. The lowest BCUT2D eigenvalue weighted by molar-refractivity contribution is -0.00834. The minimum atomic E-state index is -0.576. The topological polar surface area (TPSA) is 45.3 Å². The highest BCUT2D eigenvalue weighted by Gasteiger charge is 2.44. The number of fused-ring (bicyclic) bond motifs is 3. The van der Waals surface area contributed by atoms with E-state index in [9.17, 15) is 4.79 Å². The molecule has 0 amide bonds. The summed E-state index contributed by atoms with van der Waals surface area (Å²) in [5.74, 6) is 0.486. The molecule has 1 aromatic rings. The predicted octanol–water partition coefficient (Wildman–Crippen LogP) is 2.63. The van der Waals surface area contributed by atoms with Crippen molar-refractivity contribution < 1.29 is 14.3 Å². The smallest absolute Gasteiger partial charge is 0.432 e. The molecule has 4 rings (SSSR count). The summed E-state index contributed by atoms with van der Waals surface area (Å²) >= 11 is 0. The molecule has 1 fully saturated rings. The van der Waals surface area contributed by atoms with Gasteiger partial charge in [0, 0.05) is 45.2 Å². The number of para-hydroxylation sites is 1. The Morgan fingerprint density at radius 2 is 2.12 bits per heavy atom. The zero-order chi connectivity index (χ0) is 17.6. The van der Waals surface area contributed by atoms with Crippen molar-refractivity contribution in [3.05, 3.63) is 23.8 Å². The van der Waals surface area contributed by atoms with Gasteiger partial charge in [0.2, 0.25) is 0 Å². The van der Waals surface area contributed by atoms with Crippen molar-refractivity contribution in [1.82, 2.24) is 4.90 Å². The number of ether oxygens (including phenoxy) is 2. The fourth-order valence-electron chi connectivity index (χ4n) is 4.46. The number of carbonyl (C=O) groups excluding carboxylic acids is 1. The van der Waals surface area contributed by atoms with Gasteiger partial charge in [-0.3, -0.25) is 4.90 Å². The molecule has 6 heteroatoms. The number of piperidine rings is 1. The average Bonchev–Trinajstić information content (AvgIpc) is 2.90. The quantitative estimate of drug-likeness (QED) is 0.785. The second-order valence-corrected chi connectivity index (χ2v) is 7.56. The first-order valence-corrected chi connectivity index (χ1v) is 9.21. The van der Waals surface area contributed by atoms with E-state index in [1.807, 2.05) is 13.8 Å². The van der Waals surface area contributed by atoms with Crippen LogP contribution in [0, 0.1) is 0 Å². The predicted molar refractivity (Wildman–Crippen MR) is 97.3 cm³/mol. The van der Waals surface area contributed by atoms with Crippen molar-refractivity contribution in [3.63, 3.8) is 0 Å². The number of likely N-dealkylation sites (N-methyl/N-ethyl adjacent to an activating group) is 1. The van der Waals surface area contributed by atoms with E-state index in [2.05, 4.69) is 39.9 Å². The minimum Gasteiger partial charge on any atom is -0.432 e. The first-order valence-electron chi connectivity index (χ1n) is 9.21. The van der Waals surface area contributed by atoms with Crippen LogP contribution < -0.4 is 9.80 Å². The van der Waals surface area contributed by atoms with Gasteiger partial charge in [0.15, 0.2) is 0 Å². The molecule has 0 radical (unpaired) electrons. The third-order valence-electron chi connectivity index (χ3n) is 5.58. The van der Waals surface area contributed by atoms with Gasteiger partial charge >= 0.3 is 6.16 Å². The molecule has 1 saturated heterocycles. The van der Waals surface area contributed by atoms with Gasteiger partial charge in [-0.15, -0.1) is 0 Å². The van der Waals surface area contributed by atoms with Crippen molar-refractivity contribution in [3.8, 4) is 0 Å². The van der Waals surface area contributed by atoms with E-state index in [0.29, 0.717) is 18.7 Å². The number of benzene rings is 1. The van der Waals surface area contributed by atoms with E-state index < -0.39 is 6.16 Å². The molecular weight excluding hydrogens is 318 g/mol. The lowest BCUT2D eigenvalue weighted by Gasteiger charge is -2.41. The van der Waals surface area contributed by atoms with E-state index in [1.165, 1.54) is 16.9 Å². The first-order chi connectivity index (χ1) is 12.0. The molecule has 0 aromatic heterocycles.